The lowest BCUT2D eigenvalue weighted by Crippen LogP contribution is -2.32. The minimum Gasteiger partial charge on any atom is -0.393 e. The van der Waals surface area contributed by atoms with Gasteiger partial charge in [-0.3, -0.25) is 0 Å². The van der Waals surface area contributed by atoms with Crippen molar-refractivity contribution in [3.63, 3.8) is 0 Å². The number of benzene rings is 1. The predicted octanol–water partition coefficient (Wildman–Crippen LogP) is 4.56. The Labute approximate surface area is 123 Å². The lowest BCUT2D eigenvalue weighted by atomic mass is 9.73. The molecule has 3 atom stereocenters. The number of hydrogen-bond acceptors (Lipinski definition) is 1. The van der Waals surface area contributed by atoms with Crippen LogP contribution < -0.4 is 0 Å². The topological polar surface area (TPSA) is 20.2 Å². The average molecular weight is 329 g/mol. The molecule has 106 valence electrons. The van der Waals surface area contributed by atoms with E-state index in [0.717, 1.165) is 29.3 Å². The Hall–Kier alpha value is -0.410. The van der Waals surface area contributed by atoms with Crippen LogP contribution >= 0.6 is 15.9 Å². The van der Waals surface area contributed by atoms with Crippen molar-refractivity contribution >= 4 is 15.9 Å². The third-order valence-corrected chi connectivity index (χ3v) is 4.92. The molecule has 19 heavy (non-hydrogen) atoms. The zero-order valence-corrected chi connectivity index (χ0v) is 13.2. The number of aliphatic hydroxyl groups excluding tert-OH is 1. The van der Waals surface area contributed by atoms with Crippen LogP contribution in [0.25, 0.3) is 0 Å². The third-order valence-electron chi connectivity index (χ3n) is 4.42. The van der Waals surface area contributed by atoms with E-state index >= 15 is 0 Å². The van der Waals surface area contributed by atoms with Crippen molar-refractivity contribution in [2.24, 2.45) is 17.8 Å². The molecule has 1 aromatic rings. The van der Waals surface area contributed by atoms with E-state index in [1.54, 1.807) is 0 Å². The molecule has 1 aromatic carbocycles. The third kappa shape index (κ3) is 3.79. The first kappa shape index (κ1) is 15.0. The number of aliphatic hydroxyl groups is 1. The quantitative estimate of drug-likeness (QED) is 0.862. The van der Waals surface area contributed by atoms with Crippen LogP contribution in [0.15, 0.2) is 22.7 Å². The summed E-state index contributed by atoms with van der Waals surface area (Å²) in [5, 5.41) is 10.1. The van der Waals surface area contributed by atoms with Gasteiger partial charge in [0.05, 0.1) is 6.10 Å². The van der Waals surface area contributed by atoms with Crippen molar-refractivity contribution in [3.8, 4) is 0 Å². The van der Waals surface area contributed by atoms with Gasteiger partial charge in [-0.2, -0.15) is 0 Å². The van der Waals surface area contributed by atoms with Crippen LogP contribution in [0.3, 0.4) is 0 Å². The summed E-state index contributed by atoms with van der Waals surface area (Å²) in [5.74, 6) is 1.32. The van der Waals surface area contributed by atoms with Gasteiger partial charge in [-0.05, 0) is 61.1 Å². The minimum atomic E-state index is -0.280. The van der Waals surface area contributed by atoms with E-state index < -0.39 is 0 Å². The molecule has 0 saturated heterocycles. The molecule has 2 rings (SSSR count). The Morgan fingerprint density at radius 2 is 2.11 bits per heavy atom. The molecule has 1 aliphatic carbocycles. The molecule has 1 fully saturated rings. The molecule has 0 aromatic heterocycles. The van der Waals surface area contributed by atoms with E-state index in [9.17, 15) is 9.50 Å². The molecule has 0 aliphatic heterocycles. The van der Waals surface area contributed by atoms with Gasteiger partial charge in [0, 0.05) is 4.47 Å². The lowest BCUT2D eigenvalue weighted by Gasteiger charge is -2.35. The Balaban J connectivity index is 2.07. The van der Waals surface area contributed by atoms with Gasteiger partial charge in [-0.1, -0.05) is 35.8 Å². The van der Waals surface area contributed by atoms with Crippen molar-refractivity contribution in [3.05, 3.63) is 34.1 Å². The lowest BCUT2D eigenvalue weighted by molar-refractivity contribution is 0.0375. The molecule has 0 heterocycles. The summed E-state index contributed by atoms with van der Waals surface area (Å²) in [6.07, 6.45) is 3.32. The number of rotatable bonds is 3. The number of hydrogen-bond donors (Lipinski definition) is 1. The van der Waals surface area contributed by atoms with Gasteiger partial charge in [-0.25, -0.2) is 4.39 Å². The fraction of sp³-hybridized carbons (Fsp3) is 0.625. The van der Waals surface area contributed by atoms with Gasteiger partial charge in [0.25, 0.3) is 0 Å². The molecule has 3 unspecified atom stereocenters. The highest BCUT2D eigenvalue weighted by atomic mass is 79.9. The zero-order valence-electron chi connectivity index (χ0n) is 11.6. The van der Waals surface area contributed by atoms with E-state index in [1.807, 2.05) is 12.1 Å². The second-order valence-corrected chi connectivity index (χ2v) is 7.00. The van der Waals surface area contributed by atoms with Crippen LogP contribution in [0.5, 0.6) is 0 Å². The SMILES string of the molecule is CC(C)C1CCC(O)C(Cc2ccc(Br)cc2F)C1. The first-order chi connectivity index (χ1) is 8.97. The van der Waals surface area contributed by atoms with Crippen LogP contribution in [-0.4, -0.2) is 11.2 Å². The molecule has 3 heteroatoms. The van der Waals surface area contributed by atoms with E-state index in [2.05, 4.69) is 29.8 Å². The summed E-state index contributed by atoms with van der Waals surface area (Å²) in [5.41, 5.74) is 0.719. The van der Waals surface area contributed by atoms with E-state index in [-0.39, 0.29) is 17.8 Å². The van der Waals surface area contributed by atoms with E-state index in [4.69, 9.17) is 0 Å². The first-order valence-corrected chi connectivity index (χ1v) is 7.88. The molecule has 1 nitrogen and oxygen atoms in total. The molecule has 0 radical (unpaired) electrons. The second-order valence-electron chi connectivity index (χ2n) is 6.08. The molecule has 1 N–H and O–H groups in total. The summed E-state index contributed by atoms with van der Waals surface area (Å²) in [7, 11) is 0. The average Bonchev–Trinajstić information content (AvgIpc) is 2.34. The van der Waals surface area contributed by atoms with Crippen molar-refractivity contribution in [2.45, 2.75) is 45.6 Å². The smallest absolute Gasteiger partial charge is 0.127 e. The first-order valence-electron chi connectivity index (χ1n) is 7.09. The van der Waals surface area contributed by atoms with E-state index in [1.165, 1.54) is 6.07 Å². The second kappa shape index (κ2) is 6.36. The predicted molar refractivity (Wildman–Crippen MR) is 79.5 cm³/mol. The van der Waals surface area contributed by atoms with Crippen LogP contribution in [0.4, 0.5) is 4.39 Å². The van der Waals surface area contributed by atoms with Gasteiger partial charge in [0.1, 0.15) is 5.82 Å². The maximum Gasteiger partial charge on any atom is 0.127 e. The maximum absolute atomic E-state index is 13.9. The van der Waals surface area contributed by atoms with Crippen molar-refractivity contribution in [2.75, 3.05) is 0 Å². The summed E-state index contributed by atoms with van der Waals surface area (Å²) in [4.78, 5) is 0. The maximum atomic E-state index is 13.9. The molecular weight excluding hydrogens is 307 g/mol. The highest BCUT2D eigenvalue weighted by Gasteiger charge is 2.31. The van der Waals surface area contributed by atoms with E-state index in [0.29, 0.717) is 18.3 Å². The molecule has 0 bridgehead atoms. The highest BCUT2D eigenvalue weighted by molar-refractivity contribution is 9.10. The highest BCUT2D eigenvalue weighted by Crippen LogP contribution is 2.36. The Morgan fingerprint density at radius 1 is 1.37 bits per heavy atom. The molecule has 1 aliphatic rings. The summed E-state index contributed by atoms with van der Waals surface area (Å²) in [6.45, 7) is 4.47. The van der Waals surface area contributed by atoms with Gasteiger partial charge in [0.2, 0.25) is 0 Å². The Kier molecular flexibility index (Phi) is 5.02. The molecule has 0 amide bonds. The van der Waals surface area contributed by atoms with Crippen LogP contribution in [0.1, 0.15) is 38.7 Å². The monoisotopic (exact) mass is 328 g/mol. The Bertz CT molecular complexity index is 433. The van der Waals surface area contributed by atoms with Gasteiger partial charge in [0.15, 0.2) is 0 Å². The van der Waals surface area contributed by atoms with Crippen LogP contribution in [-0.2, 0) is 6.42 Å². The van der Waals surface area contributed by atoms with Crippen molar-refractivity contribution in [1.29, 1.82) is 0 Å². The Morgan fingerprint density at radius 3 is 2.74 bits per heavy atom. The minimum absolute atomic E-state index is 0.173. The number of halogens is 2. The van der Waals surface area contributed by atoms with Crippen molar-refractivity contribution < 1.29 is 9.50 Å². The van der Waals surface area contributed by atoms with Gasteiger partial charge < -0.3 is 5.11 Å². The molecule has 0 spiro atoms. The standard InChI is InChI=1S/C16H22BrFO/c1-10(2)11-4-6-16(19)13(7-11)8-12-3-5-14(17)9-15(12)18/h3,5,9-11,13,16,19H,4,6-8H2,1-2H3. The summed E-state index contributed by atoms with van der Waals surface area (Å²) in [6, 6.07) is 5.20. The largest absolute Gasteiger partial charge is 0.393 e. The zero-order chi connectivity index (χ0) is 14.0. The van der Waals surface area contributed by atoms with Crippen molar-refractivity contribution in [1.82, 2.24) is 0 Å². The fourth-order valence-electron chi connectivity index (χ4n) is 3.08. The molecule has 1 saturated carbocycles. The van der Waals surface area contributed by atoms with Crippen LogP contribution in [0.2, 0.25) is 0 Å². The molecular formula is C16H22BrFO. The van der Waals surface area contributed by atoms with Gasteiger partial charge >= 0.3 is 0 Å². The van der Waals surface area contributed by atoms with Gasteiger partial charge in [-0.15, -0.1) is 0 Å². The fourth-order valence-corrected chi connectivity index (χ4v) is 3.41. The summed E-state index contributed by atoms with van der Waals surface area (Å²) < 4.78 is 14.6. The normalized spacial score (nSPS) is 27.8. The van der Waals surface area contributed by atoms with Crippen LogP contribution in [0, 0.1) is 23.6 Å². The summed E-state index contributed by atoms with van der Waals surface area (Å²) >= 11 is 3.27.